The monoisotopic (exact) mass is 191 g/mol. The third-order valence-electron chi connectivity index (χ3n) is 1.87. The van der Waals surface area contributed by atoms with Gasteiger partial charge in [0.2, 0.25) is 0 Å². The van der Waals surface area contributed by atoms with Crippen molar-refractivity contribution in [3.63, 3.8) is 0 Å². The van der Waals surface area contributed by atoms with E-state index in [1.807, 2.05) is 0 Å². The van der Waals surface area contributed by atoms with Crippen molar-refractivity contribution in [3.8, 4) is 0 Å². The van der Waals surface area contributed by atoms with Gasteiger partial charge in [0.1, 0.15) is 12.3 Å². The van der Waals surface area contributed by atoms with E-state index in [-0.39, 0.29) is 13.0 Å². The molecule has 1 saturated heterocycles. The molecule has 0 saturated carbocycles. The normalized spacial score (nSPS) is 33.0. The molecular weight excluding hydrogens is 178 g/mol. The Balaban J connectivity index is 2.35. The summed E-state index contributed by atoms with van der Waals surface area (Å²) in [6, 6.07) is 0. The number of carbonyl (C=O) groups excluding carboxylic acids is 1. The minimum Gasteiger partial charge on any atom is -0.453 e. The van der Waals surface area contributed by atoms with Crippen molar-refractivity contribution in [2.45, 2.75) is 24.9 Å². The number of hydrogen-bond acceptors (Lipinski definition) is 5. The Morgan fingerprint density at radius 2 is 2.46 bits per heavy atom. The molecule has 6 nitrogen and oxygen atoms in total. The predicted molar refractivity (Wildman–Crippen MR) is 41.9 cm³/mol. The van der Waals surface area contributed by atoms with Crippen LogP contribution in [0.15, 0.2) is 0 Å². The maximum absolute atomic E-state index is 10.7. The number of aliphatic hydroxyl groups excluding tert-OH is 2. The highest BCUT2D eigenvalue weighted by Crippen LogP contribution is 2.18. The molecule has 1 heterocycles. The number of alkyl carbamates (subject to hydrolysis) is 1. The lowest BCUT2D eigenvalue weighted by Gasteiger charge is -2.12. The average Bonchev–Trinajstić information content (AvgIpc) is 2.46. The molecule has 1 fully saturated rings. The Hall–Kier alpha value is -0.850. The number of amides is 1. The SMILES string of the molecule is COC(=O)NC1CC(O)C(CO)O1. The van der Waals surface area contributed by atoms with E-state index in [2.05, 4.69) is 10.1 Å². The van der Waals surface area contributed by atoms with Crippen molar-refractivity contribution < 1.29 is 24.5 Å². The molecule has 0 aromatic carbocycles. The Morgan fingerprint density at radius 1 is 1.77 bits per heavy atom. The van der Waals surface area contributed by atoms with E-state index in [1.54, 1.807) is 0 Å². The first-order chi connectivity index (χ1) is 6.17. The maximum atomic E-state index is 10.7. The first-order valence-electron chi connectivity index (χ1n) is 3.96. The van der Waals surface area contributed by atoms with E-state index < -0.39 is 24.5 Å². The molecule has 1 rings (SSSR count). The van der Waals surface area contributed by atoms with Gasteiger partial charge >= 0.3 is 6.09 Å². The third-order valence-corrected chi connectivity index (χ3v) is 1.87. The molecule has 1 amide bonds. The van der Waals surface area contributed by atoms with Crippen LogP contribution >= 0.6 is 0 Å². The van der Waals surface area contributed by atoms with Crippen molar-refractivity contribution in [1.82, 2.24) is 5.32 Å². The van der Waals surface area contributed by atoms with Crippen LogP contribution in [-0.4, -0.2) is 48.5 Å². The number of carbonyl (C=O) groups is 1. The molecule has 0 aromatic rings. The average molecular weight is 191 g/mol. The molecule has 0 aromatic heterocycles. The fourth-order valence-electron chi connectivity index (χ4n) is 1.18. The molecule has 1 aliphatic heterocycles. The first-order valence-corrected chi connectivity index (χ1v) is 3.96. The van der Waals surface area contributed by atoms with Crippen LogP contribution in [0.25, 0.3) is 0 Å². The van der Waals surface area contributed by atoms with Crippen LogP contribution in [0.5, 0.6) is 0 Å². The minimum absolute atomic E-state index is 0.263. The van der Waals surface area contributed by atoms with E-state index in [9.17, 15) is 9.90 Å². The highest BCUT2D eigenvalue weighted by molar-refractivity contribution is 5.67. The fraction of sp³-hybridized carbons (Fsp3) is 0.857. The van der Waals surface area contributed by atoms with Gasteiger partial charge in [0.05, 0.1) is 19.8 Å². The van der Waals surface area contributed by atoms with Gasteiger partial charge in [0, 0.05) is 6.42 Å². The lowest BCUT2D eigenvalue weighted by molar-refractivity contribution is -0.0295. The van der Waals surface area contributed by atoms with Gasteiger partial charge in [-0.15, -0.1) is 0 Å². The molecule has 0 radical (unpaired) electrons. The van der Waals surface area contributed by atoms with Crippen LogP contribution in [0.4, 0.5) is 4.79 Å². The third kappa shape index (κ3) is 2.55. The van der Waals surface area contributed by atoms with Gasteiger partial charge in [-0.25, -0.2) is 4.79 Å². The Kier molecular flexibility index (Phi) is 3.47. The summed E-state index contributed by atoms with van der Waals surface area (Å²) >= 11 is 0. The number of ether oxygens (including phenoxy) is 2. The highest BCUT2D eigenvalue weighted by atomic mass is 16.6. The molecule has 13 heavy (non-hydrogen) atoms. The highest BCUT2D eigenvalue weighted by Gasteiger charge is 2.34. The summed E-state index contributed by atoms with van der Waals surface area (Å²) in [5.41, 5.74) is 0. The van der Waals surface area contributed by atoms with Gasteiger partial charge in [0.25, 0.3) is 0 Å². The summed E-state index contributed by atoms with van der Waals surface area (Å²) in [6.07, 6.45) is -2.30. The van der Waals surface area contributed by atoms with Gasteiger partial charge < -0.3 is 19.7 Å². The summed E-state index contributed by atoms with van der Waals surface area (Å²) in [5.74, 6) is 0. The van der Waals surface area contributed by atoms with E-state index in [4.69, 9.17) is 9.84 Å². The molecule has 3 atom stereocenters. The zero-order valence-corrected chi connectivity index (χ0v) is 7.27. The Morgan fingerprint density at radius 3 is 2.92 bits per heavy atom. The van der Waals surface area contributed by atoms with Crippen molar-refractivity contribution in [3.05, 3.63) is 0 Å². The smallest absolute Gasteiger partial charge is 0.408 e. The molecule has 0 spiro atoms. The largest absolute Gasteiger partial charge is 0.453 e. The molecule has 0 bridgehead atoms. The van der Waals surface area contributed by atoms with Gasteiger partial charge in [-0.1, -0.05) is 0 Å². The van der Waals surface area contributed by atoms with Crippen LogP contribution in [0.1, 0.15) is 6.42 Å². The second-order valence-electron chi connectivity index (χ2n) is 2.78. The topological polar surface area (TPSA) is 88.0 Å². The quantitative estimate of drug-likeness (QED) is 0.511. The molecule has 0 aliphatic carbocycles. The maximum Gasteiger partial charge on any atom is 0.408 e. The summed E-state index contributed by atoms with van der Waals surface area (Å²) in [6.45, 7) is -0.263. The van der Waals surface area contributed by atoms with Crippen LogP contribution in [0.2, 0.25) is 0 Å². The summed E-state index contributed by atoms with van der Waals surface area (Å²) in [5, 5.41) is 20.4. The van der Waals surface area contributed by atoms with Crippen molar-refractivity contribution in [1.29, 1.82) is 0 Å². The van der Waals surface area contributed by atoms with Crippen LogP contribution in [0.3, 0.4) is 0 Å². The first kappa shape index (κ1) is 10.2. The number of methoxy groups -OCH3 is 1. The number of nitrogens with one attached hydrogen (secondary N) is 1. The summed E-state index contributed by atoms with van der Waals surface area (Å²) in [4.78, 5) is 10.7. The van der Waals surface area contributed by atoms with Gasteiger partial charge in [-0.05, 0) is 0 Å². The lowest BCUT2D eigenvalue weighted by Crippen LogP contribution is -2.34. The predicted octanol–water partition coefficient (Wildman–Crippen LogP) is -1.19. The van der Waals surface area contributed by atoms with Crippen molar-refractivity contribution >= 4 is 6.09 Å². The Bertz CT molecular complexity index is 186. The molecular formula is C7H13NO5. The molecule has 3 N–H and O–H groups in total. The molecule has 3 unspecified atom stereocenters. The zero-order chi connectivity index (χ0) is 9.84. The van der Waals surface area contributed by atoms with Gasteiger partial charge in [-0.2, -0.15) is 0 Å². The second-order valence-corrected chi connectivity index (χ2v) is 2.78. The van der Waals surface area contributed by atoms with Crippen LogP contribution in [0, 0.1) is 0 Å². The molecule has 1 aliphatic rings. The van der Waals surface area contributed by atoms with E-state index in [1.165, 1.54) is 7.11 Å². The van der Waals surface area contributed by atoms with Crippen LogP contribution in [-0.2, 0) is 9.47 Å². The van der Waals surface area contributed by atoms with Crippen LogP contribution < -0.4 is 5.32 Å². The number of aliphatic hydroxyl groups is 2. The second kappa shape index (κ2) is 4.40. The fourth-order valence-corrected chi connectivity index (χ4v) is 1.18. The zero-order valence-electron chi connectivity index (χ0n) is 7.27. The number of hydrogen-bond donors (Lipinski definition) is 3. The number of rotatable bonds is 2. The standard InChI is InChI=1S/C7H13NO5/c1-12-7(11)8-6-2-4(10)5(3-9)13-6/h4-6,9-10H,2-3H2,1H3,(H,8,11). The minimum atomic E-state index is -0.743. The van der Waals surface area contributed by atoms with E-state index in [0.717, 1.165) is 0 Å². The van der Waals surface area contributed by atoms with Gasteiger partial charge in [-0.3, -0.25) is 5.32 Å². The summed E-state index contributed by atoms with van der Waals surface area (Å²) < 4.78 is 9.43. The molecule has 6 heteroatoms. The molecule has 76 valence electrons. The van der Waals surface area contributed by atoms with Crippen molar-refractivity contribution in [2.75, 3.05) is 13.7 Å². The van der Waals surface area contributed by atoms with Crippen molar-refractivity contribution in [2.24, 2.45) is 0 Å². The lowest BCUT2D eigenvalue weighted by atomic mass is 10.2. The van der Waals surface area contributed by atoms with E-state index in [0.29, 0.717) is 0 Å². The van der Waals surface area contributed by atoms with E-state index >= 15 is 0 Å². The van der Waals surface area contributed by atoms with Gasteiger partial charge in [0.15, 0.2) is 0 Å². The Labute approximate surface area is 75.5 Å². The summed E-state index contributed by atoms with van der Waals surface area (Å²) in [7, 11) is 1.24.